The summed E-state index contributed by atoms with van der Waals surface area (Å²) in [5.74, 6) is -2.74. The number of nitro groups is 1. The fraction of sp³-hybridized carbons (Fsp3) is 0.250. The molecule has 21 heavy (non-hydrogen) atoms. The summed E-state index contributed by atoms with van der Waals surface area (Å²) in [7, 11) is 0. The van der Waals surface area contributed by atoms with Gasteiger partial charge in [-0.3, -0.25) is 10.1 Å². The van der Waals surface area contributed by atoms with Crippen LogP contribution in [0.25, 0.3) is 0 Å². The van der Waals surface area contributed by atoms with Gasteiger partial charge in [-0.05, 0) is 6.07 Å². The van der Waals surface area contributed by atoms with E-state index >= 15 is 0 Å². The first-order chi connectivity index (χ1) is 9.78. The van der Waals surface area contributed by atoms with Crippen molar-refractivity contribution in [1.82, 2.24) is 4.98 Å². The van der Waals surface area contributed by atoms with E-state index in [9.17, 15) is 19.7 Å². The normalized spacial score (nSPS) is 16.8. The van der Waals surface area contributed by atoms with Gasteiger partial charge in [-0.25, -0.2) is 14.6 Å². The zero-order valence-corrected chi connectivity index (χ0v) is 11.2. The molecule has 0 saturated carbocycles. The van der Waals surface area contributed by atoms with E-state index in [0.717, 1.165) is 12.4 Å². The summed E-state index contributed by atoms with van der Waals surface area (Å²) in [5, 5.41) is 13.0. The second-order valence-corrected chi connectivity index (χ2v) is 4.54. The van der Waals surface area contributed by atoms with Crippen molar-refractivity contribution in [3.05, 3.63) is 40.2 Å². The molecule has 1 saturated heterocycles. The molecule has 0 spiro atoms. The van der Waals surface area contributed by atoms with Crippen LogP contribution in [-0.4, -0.2) is 27.6 Å². The number of carbonyl (C=O) groups is 2. The molecule has 1 aliphatic rings. The second kappa shape index (κ2) is 5.19. The lowest BCUT2D eigenvalue weighted by atomic mass is 10.2. The van der Waals surface area contributed by atoms with Crippen molar-refractivity contribution < 1.29 is 24.0 Å². The Hall–Kier alpha value is -2.97. The largest absolute Gasteiger partial charge is 0.419 e. The van der Waals surface area contributed by atoms with Crippen LogP contribution in [0.15, 0.2) is 30.1 Å². The lowest BCUT2D eigenvalue weighted by molar-refractivity contribution is -0.385. The first-order valence-electron chi connectivity index (χ1n) is 5.82. The first-order valence-corrected chi connectivity index (χ1v) is 5.82. The van der Waals surface area contributed by atoms with E-state index in [1.54, 1.807) is 0 Å². The SMILES string of the molecule is CC1(C)OC(=O)C(=CNc2ccc([N+](=O)[O-])cn2)C(=O)O1. The quantitative estimate of drug-likeness (QED) is 0.289. The Kier molecular flexibility index (Phi) is 3.57. The van der Waals surface area contributed by atoms with E-state index in [0.29, 0.717) is 0 Å². The molecule has 9 heteroatoms. The van der Waals surface area contributed by atoms with E-state index in [4.69, 9.17) is 9.47 Å². The highest BCUT2D eigenvalue weighted by molar-refractivity contribution is 6.15. The molecule has 2 rings (SSSR count). The predicted octanol–water partition coefficient (Wildman–Crippen LogP) is 1.12. The highest BCUT2D eigenvalue weighted by Gasteiger charge is 2.38. The number of nitrogens with zero attached hydrogens (tertiary/aromatic N) is 2. The minimum absolute atomic E-state index is 0.175. The predicted molar refractivity (Wildman–Crippen MR) is 68.9 cm³/mol. The molecule has 9 nitrogen and oxygen atoms in total. The maximum absolute atomic E-state index is 11.6. The molecule has 0 amide bonds. The first kappa shape index (κ1) is 14.4. The number of hydrogen-bond donors (Lipinski definition) is 1. The number of aromatic nitrogens is 1. The Morgan fingerprint density at radius 3 is 2.38 bits per heavy atom. The third-order valence-electron chi connectivity index (χ3n) is 2.44. The molecule has 0 bridgehead atoms. The number of cyclic esters (lactones) is 2. The van der Waals surface area contributed by atoms with Crippen LogP contribution in [0.1, 0.15) is 13.8 Å². The number of ether oxygens (including phenoxy) is 2. The van der Waals surface area contributed by atoms with Crippen LogP contribution >= 0.6 is 0 Å². The van der Waals surface area contributed by atoms with Crippen LogP contribution < -0.4 is 5.32 Å². The number of carbonyl (C=O) groups excluding carboxylic acids is 2. The van der Waals surface area contributed by atoms with Crippen molar-refractivity contribution in [2.45, 2.75) is 19.6 Å². The third kappa shape index (κ3) is 3.32. The van der Waals surface area contributed by atoms with Crippen LogP contribution in [0.4, 0.5) is 11.5 Å². The molecular weight excluding hydrogens is 282 g/mol. The van der Waals surface area contributed by atoms with Crippen LogP contribution in [-0.2, 0) is 19.1 Å². The lowest BCUT2D eigenvalue weighted by Gasteiger charge is -2.29. The van der Waals surface area contributed by atoms with Gasteiger partial charge >= 0.3 is 11.9 Å². The van der Waals surface area contributed by atoms with Crippen molar-refractivity contribution in [2.24, 2.45) is 0 Å². The van der Waals surface area contributed by atoms with Crippen LogP contribution in [0, 0.1) is 10.1 Å². The summed E-state index contributed by atoms with van der Waals surface area (Å²) in [4.78, 5) is 36.9. The summed E-state index contributed by atoms with van der Waals surface area (Å²) >= 11 is 0. The standard InChI is InChI=1S/C12H11N3O6/c1-12(2)20-10(16)8(11(17)21-12)6-14-9-4-3-7(5-13-9)15(18)19/h3-6H,1-2H3,(H,13,14). The smallest absolute Gasteiger partial charge is 0.350 e. The molecule has 1 N–H and O–H groups in total. The Labute approximate surface area is 118 Å². The third-order valence-corrected chi connectivity index (χ3v) is 2.44. The average Bonchev–Trinajstić information content (AvgIpc) is 2.36. The minimum Gasteiger partial charge on any atom is -0.419 e. The Morgan fingerprint density at radius 2 is 1.90 bits per heavy atom. The number of nitrogens with one attached hydrogen (secondary N) is 1. The molecule has 0 radical (unpaired) electrons. The number of esters is 2. The summed E-state index contributed by atoms with van der Waals surface area (Å²) < 4.78 is 9.79. The summed E-state index contributed by atoms with van der Waals surface area (Å²) in [6.45, 7) is 2.87. The lowest BCUT2D eigenvalue weighted by Crippen LogP contribution is -2.42. The van der Waals surface area contributed by atoms with Crippen molar-refractivity contribution in [3.63, 3.8) is 0 Å². The van der Waals surface area contributed by atoms with E-state index in [1.165, 1.54) is 26.0 Å². The highest BCUT2D eigenvalue weighted by Crippen LogP contribution is 2.22. The highest BCUT2D eigenvalue weighted by atomic mass is 16.7. The van der Waals surface area contributed by atoms with Gasteiger partial charge in [0.25, 0.3) is 11.5 Å². The van der Waals surface area contributed by atoms with Crippen molar-refractivity contribution >= 4 is 23.4 Å². The van der Waals surface area contributed by atoms with Gasteiger partial charge in [0.05, 0.1) is 4.92 Å². The van der Waals surface area contributed by atoms with Gasteiger partial charge in [0.2, 0.25) is 0 Å². The summed E-state index contributed by atoms with van der Waals surface area (Å²) in [5.41, 5.74) is -0.499. The number of anilines is 1. The molecule has 1 aromatic heterocycles. The molecule has 0 atom stereocenters. The number of hydrogen-bond acceptors (Lipinski definition) is 8. The molecular formula is C12H11N3O6. The minimum atomic E-state index is -1.31. The molecule has 1 aromatic rings. The molecule has 0 unspecified atom stereocenters. The van der Waals surface area contributed by atoms with Crippen molar-refractivity contribution in [3.8, 4) is 0 Å². The van der Waals surface area contributed by atoms with Gasteiger partial charge in [-0.1, -0.05) is 0 Å². The van der Waals surface area contributed by atoms with E-state index in [2.05, 4.69) is 10.3 Å². The Morgan fingerprint density at radius 1 is 1.29 bits per heavy atom. The topological polar surface area (TPSA) is 121 Å². The molecule has 0 aliphatic carbocycles. The van der Waals surface area contributed by atoms with Crippen molar-refractivity contribution in [2.75, 3.05) is 5.32 Å². The average molecular weight is 293 g/mol. The maximum atomic E-state index is 11.6. The fourth-order valence-corrected chi connectivity index (χ4v) is 1.50. The monoisotopic (exact) mass is 293 g/mol. The molecule has 1 aliphatic heterocycles. The Bertz CT molecular complexity index is 613. The van der Waals surface area contributed by atoms with E-state index in [-0.39, 0.29) is 17.1 Å². The molecule has 1 fully saturated rings. The molecule has 110 valence electrons. The summed E-state index contributed by atoms with van der Waals surface area (Å²) in [6.07, 6.45) is 2.12. The van der Waals surface area contributed by atoms with Crippen LogP contribution in [0.5, 0.6) is 0 Å². The zero-order valence-electron chi connectivity index (χ0n) is 11.2. The van der Waals surface area contributed by atoms with Gasteiger partial charge in [-0.2, -0.15) is 0 Å². The fourth-order valence-electron chi connectivity index (χ4n) is 1.50. The zero-order chi connectivity index (χ0) is 15.6. The van der Waals surface area contributed by atoms with Gasteiger partial charge in [-0.15, -0.1) is 0 Å². The number of pyridine rings is 1. The van der Waals surface area contributed by atoms with Crippen LogP contribution in [0.3, 0.4) is 0 Å². The summed E-state index contributed by atoms with van der Waals surface area (Å²) in [6, 6.07) is 2.56. The molecule has 2 heterocycles. The van der Waals surface area contributed by atoms with Gasteiger partial charge in [0.1, 0.15) is 12.0 Å². The Balaban J connectivity index is 2.12. The molecule has 0 aromatic carbocycles. The van der Waals surface area contributed by atoms with Crippen molar-refractivity contribution in [1.29, 1.82) is 0 Å². The van der Waals surface area contributed by atoms with Gasteiger partial charge in [0.15, 0.2) is 5.57 Å². The van der Waals surface area contributed by atoms with Crippen LogP contribution in [0.2, 0.25) is 0 Å². The van der Waals surface area contributed by atoms with Gasteiger partial charge in [0, 0.05) is 26.1 Å². The van der Waals surface area contributed by atoms with E-state index < -0.39 is 22.6 Å². The van der Waals surface area contributed by atoms with Gasteiger partial charge < -0.3 is 14.8 Å². The second-order valence-electron chi connectivity index (χ2n) is 4.54. The number of rotatable bonds is 3. The van der Waals surface area contributed by atoms with E-state index in [1.807, 2.05) is 0 Å². The maximum Gasteiger partial charge on any atom is 0.350 e.